The van der Waals surface area contributed by atoms with Crippen LogP contribution in [0.15, 0.2) is 227 Å². The van der Waals surface area contributed by atoms with Crippen LogP contribution in [0.2, 0.25) is 0 Å². The van der Waals surface area contributed by atoms with Crippen molar-refractivity contribution in [1.29, 1.82) is 0 Å². The fraction of sp³-hybridized carbons (Fsp3) is 0. The Bertz CT molecular complexity index is 5520. The molecule has 0 saturated heterocycles. The Morgan fingerprint density at radius 2 is 0.838 bits per heavy atom. The van der Waals surface area contributed by atoms with Crippen LogP contribution in [0.1, 0.15) is 0 Å². The standard InChI is InChI=1S/C68H36N2O2S2/c1-2-16-49-48(15-1)63-53-34-37(24-33-61(53)74-68(63)64-51-17-3-7-20-54(51)69(65(49)64)38-25-27-44-42-12-4-8-21-56(42)71-58(44)35-38)40-18-11-19-47-41(40)31-32-55-62(47)52-30-29-50-46-14-6-10-23-60(46)73-67(50)66(52)70(55)39-26-28-45-43-13-5-9-22-57(43)72-59(45)36-39/h1-36H. The summed E-state index contributed by atoms with van der Waals surface area (Å²) in [5.41, 5.74) is 13.0. The van der Waals surface area contributed by atoms with E-state index >= 15 is 0 Å². The molecule has 0 saturated carbocycles. The zero-order valence-electron chi connectivity index (χ0n) is 39.3. The first kappa shape index (κ1) is 39.4. The molecule has 0 aliphatic heterocycles. The summed E-state index contributed by atoms with van der Waals surface area (Å²) in [6.07, 6.45) is 0. The smallest absolute Gasteiger partial charge is 0.137 e. The van der Waals surface area contributed by atoms with Gasteiger partial charge in [0.2, 0.25) is 0 Å². The van der Waals surface area contributed by atoms with Gasteiger partial charge in [0.15, 0.2) is 0 Å². The molecule has 0 amide bonds. The zero-order chi connectivity index (χ0) is 47.9. The highest BCUT2D eigenvalue weighted by Gasteiger charge is 2.25. The lowest BCUT2D eigenvalue weighted by molar-refractivity contribution is 0.668. The monoisotopic (exact) mass is 976 g/mol. The third kappa shape index (κ3) is 5.10. The molecule has 6 heterocycles. The van der Waals surface area contributed by atoms with Crippen LogP contribution in [0.3, 0.4) is 0 Å². The summed E-state index contributed by atoms with van der Waals surface area (Å²) in [5.74, 6) is 0. The topological polar surface area (TPSA) is 36.1 Å². The largest absolute Gasteiger partial charge is 0.456 e. The van der Waals surface area contributed by atoms with Crippen LogP contribution in [0, 0.1) is 0 Å². The van der Waals surface area contributed by atoms with Gasteiger partial charge in [-0.1, -0.05) is 140 Å². The molecule has 18 aromatic rings. The molecule has 0 atom stereocenters. The summed E-state index contributed by atoms with van der Waals surface area (Å²) < 4.78 is 23.1. The Balaban J connectivity index is 0.878. The number of nitrogens with zero attached hydrogens (tertiary/aromatic N) is 2. The summed E-state index contributed by atoms with van der Waals surface area (Å²) in [5, 5.41) is 19.7. The number of hydrogen-bond donors (Lipinski definition) is 0. The van der Waals surface area contributed by atoms with Crippen molar-refractivity contribution in [3.05, 3.63) is 218 Å². The molecule has 0 radical (unpaired) electrons. The van der Waals surface area contributed by atoms with E-state index in [-0.39, 0.29) is 0 Å². The molecule has 6 aromatic heterocycles. The van der Waals surface area contributed by atoms with E-state index in [0.29, 0.717) is 0 Å². The second-order valence-corrected chi connectivity index (χ2v) is 21.9. The van der Waals surface area contributed by atoms with Crippen LogP contribution >= 0.6 is 22.7 Å². The molecule has 0 fully saturated rings. The molecule has 4 nitrogen and oxygen atoms in total. The highest BCUT2D eigenvalue weighted by Crippen LogP contribution is 2.51. The van der Waals surface area contributed by atoms with Crippen molar-refractivity contribution in [2.75, 3.05) is 0 Å². The third-order valence-electron chi connectivity index (χ3n) is 16.1. The van der Waals surface area contributed by atoms with Crippen LogP contribution in [-0.4, -0.2) is 9.13 Å². The van der Waals surface area contributed by atoms with Gasteiger partial charge in [0.1, 0.15) is 22.3 Å². The van der Waals surface area contributed by atoms with Gasteiger partial charge in [-0.15, -0.1) is 22.7 Å². The molecule has 0 N–H and O–H groups in total. The quantitative estimate of drug-likeness (QED) is 0.177. The van der Waals surface area contributed by atoms with Gasteiger partial charge in [-0.25, -0.2) is 0 Å². The van der Waals surface area contributed by atoms with Crippen LogP contribution in [0.5, 0.6) is 0 Å². The van der Waals surface area contributed by atoms with Gasteiger partial charge in [-0.2, -0.15) is 0 Å². The number of thiophene rings is 2. The predicted molar refractivity (Wildman–Crippen MR) is 316 cm³/mol. The number of aromatic nitrogens is 2. The van der Waals surface area contributed by atoms with Crippen molar-refractivity contribution in [2.24, 2.45) is 0 Å². The molecule has 0 aliphatic carbocycles. The Kier molecular flexibility index (Phi) is 7.60. The average molecular weight is 977 g/mol. The van der Waals surface area contributed by atoms with Crippen LogP contribution in [0.4, 0.5) is 0 Å². The third-order valence-corrected chi connectivity index (χ3v) is 18.5. The van der Waals surface area contributed by atoms with E-state index in [1.54, 1.807) is 0 Å². The van der Waals surface area contributed by atoms with Crippen LogP contribution < -0.4 is 0 Å². The fourth-order valence-corrected chi connectivity index (χ4v) is 15.5. The SMILES string of the molecule is c1ccc2c(c1)oc1cc(-n3c4ccc5c(-c6ccc7sc8c(c7c6)c6ccccc6c6c8c7ccccc7n6-c6ccc7c(c6)oc6ccccc67)cccc5c4c4ccc5c6ccccc6sc5c43)ccc12. The highest BCUT2D eigenvalue weighted by atomic mass is 32.1. The highest BCUT2D eigenvalue weighted by molar-refractivity contribution is 7.27. The lowest BCUT2D eigenvalue weighted by atomic mass is 9.94. The second kappa shape index (κ2) is 14.3. The number of benzene rings is 12. The molecule has 12 aromatic carbocycles. The van der Waals surface area contributed by atoms with Crippen molar-refractivity contribution in [3.63, 3.8) is 0 Å². The molecule has 74 heavy (non-hydrogen) atoms. The molecule has 0 spiro atoms. The number of furan rings is 2. The van der Waals surface area contributed by atoms with E-state index in [0.717, 1.165) is 55.3 Å². The first-order chi connectivity index (χ1) is 36.7. The van der Waals surface area contributed by atoms with Crippen LogP contribution in [-0.2, 0) is 0 Å². The Hall–Kier alpha value is -9.20. The van der Waals surface area contributed by atoms with Crippen molar-refractivity contribution < 1.29 is 8.83 Å². The summed E-state index contributed by atoms with van der Waals surface area (Å²) in [6.45, 7) is 0. The second-order valence-electron chi connectivity index (χ2n) is 19.8. The first-order valence-corrected chi connectivity index (χ1v) is 26.8. The number of para-hydroxylation sites is 3. The maximum absolute atomic E-state index is 6.53. The van der Waals surface area contributed by atoms with Crippen molar-refractivity contribution in [1.82, 2.24) is 9.13 Å². The molecule has 6 heteroatoms. The summed E-state index contributed by atoms with van der Waals surface area (Å²) in [7, 11) is 0. The maximum Gasteiger partial charge on any atom is 0.137 e. The molecule has 18 rings (SSSR count). The van der Waals surface area contributed by atoms with E-state index in [9.17, 15) is 0 Å². The Labute approximate surface area is 428 Å². The van der Waals surface area contributed by atoms with E-state index in [2.05, 4.69) is 215 Å². The van der Waals surface area contributed by atoms with Gasteiger partial charge in [-0.3, -0.25) is 0 Å². The van der Waals surface area contributed by atoms with E-state index in [4.69, 9.17) is 8.83 Å². The first-order valence-electron chi connectivity index (χ1n) is 25.1. The Morgan fingerprint density at radius 1 is 0.284 bits per heavy atom. The lowest BCUT2D eigenvalue weighted by Crippen LogP contribution is -1.94. The predicted octanol–water partition coefficient (Wildman–Crippen LogP) is 20.4. The van der Waals surface area contributed by atoms with Gasteiger partial charge in [0.05, 0.1) is 26.8 Å². The van der Waals surface area contributed by atoms with Crippen molar-refractivity contribution in [2.45, 2.75) is 0 Å². The summed E-state index contributed by atoms with van der Waals surface area (Å²) in [6, 6.07) is 80.3. The van der Waals surface area contributed by atoms with Gasteiger partial charge in [0, 0.05) is 108 Å². The van der Waals surface area contributed by atoms with Crippen molar-refractivity contribution in [3.8, 4) is 22.5 Å². The molecule has 342 valence electrons. The Morgan fingerprint density at radius 3 is 1.61 bits per heavy atom. The molecule has 0 aliphatic rings. The molecule has 0 unspecified atom stereocenters. The van der Waals surface area contributed by atoms with Gasteiger partial charge in [0.25, 0.3) is 0 Å². The van der Waals surface area contributed by atoms with Gasteiger partial charge < -0.3 is 18.0 Å². The minimum absolute atomic E-state index is 0.890. The van der Waals surface area contributed by atoms with Gasteiger partial charge >= 0.3 is 0 Å². The minimum atomic E-state index is 0.890. The molecular weight excluding hydrogens is 941 g/mol. The van der Waals surface area contributed by atoms with E-state index < -0.39 is 0 Å². The number of rotatable bonds is 3. The van der Waals surface area contributed by atoms with Gasteiger partial charge in [-0.05, 0) is 94.0 Å². The van der Waals surface area contributed by atoms with E-state index in [1.165, 1.54) is 117 Å². The number of hydrogen-bond acceptors (Lipinski definition) is 4. The summed E-state index contributed by atoms with van der Waals surface area (Å²) in [4.78, 5) is 0. The van der Waals surface area contributed by atoms with Crippen LogP contribution in [0.25, 0.3) is 172 Å². The fourth-order valence-electron chi connectivity index (χ4n) is 13.0. The lowest BCUT2D eigenvalue weighted by Gasteiger charge is -2.12. The molecular formula is C68H36N2O2S2. The maximum atomic E-state index is 6.53. The van der Waals surface area contributed by atoms with E-state index in [1.807, 2.05) is 34.8 Å². The minimum Gasteiger partial charge on any atom is -0.456 e. The summed E-state index contributed by atoms with van der Waals surface area (Å²) >= 11 is 3.79. The average Bonchev–Trinajstić information content (AvgIpc) is 4.33. The van der Waals surface area contributed by atoms with Crippen molar-refractivity contribution >= 4 is 172 Å². The number of fused-ring (bicyclic) bond motifs is 25. The normalized spacial score (nSPS) is 12.6. The zero-order valence-corrected chi connectivity index (χ0v) is 40.9. The molecule has 0 bridgehead atoms.